The van der Waals surface area contributed by atoms with Gasteiger partial charge in [-0.3, -0.25) is 0 Å². The summed E-state index contributed by atoms with van der Waals surface area (Å²) in [5, 5.41) is 0. The summed E-state index contributed by atoms with van der Waals surface area (Å²) in [6.45, 7) is 2.35. The average Bonchev–Trinajstić information content (AvgIpc) is 2.29. The smallest absolute Gasteiger partial charge is 0.0316 e. The first kappa shape index (κ1) is 10.5. The van der Waals surface area contributed by atoms with Crippen LogP contribution in [0.2, 0.25) is 0 Å². The molecular formula is C14H21N. The molecule has 1 aliphatic carbocycles. The van der Waals surface area contributed by atoms with Gasteiger partial charge in [-0.1, -0.05) is 38.3 Å². The summed E-state index contributed by atoms with van der Waals surface area (Å²) in [6.07, 6.45) is 7.06. The van der Waals surface area contributed by atoms with E-state index in [1.807, 2.05) is 6.07 Å². The van der Waals surface area contributed by atoms with Gasteiger partial charge in [0.05, 0.1) is 0 Å². The van der Waals surface area contributed by atoms with Crippen LogP contribution >= 0.6 is 0 Å². The predicted octanol–water partition coefficient (Wildman–Crippen LogP) is 3.95. The van der Waals surface area contributed by atoms with Crippen LogP contribution in [0.15, 0.2) is 24.3 Å². The molecule has 0 spiro atoms. The highest BCUT2D eigenvalue weighted by atomic mass is 14.5. The van der Waals surface area contributed by atoms with Crippen LogP contribution < -0.4 is 5.73 Å². The van der Waals surface area contributed by atoms with Crippen molar-refractivity contribution in [2.45, 2.75) is 44.9 Å². The Morgan fingerprint density at radius 3 is 2.60 bits per heavy atom. The molecule has 2 N–H and O–H groups in total. The summed E-state index contributed by atoms with van der Waals surface area (Å²) in [4.78, 5) is 0. The van der Waals surface area contributed by atoms with E-state index >= 15 is 0 Å². The molecule has 1 aliphatic rings. The van der Waals surface area contributed by atoms with Crippen LogP contribution in [0.25, 0.3) is 0 Å². The highest BCUT2D eigenvalue weighted by molar-refractivity contribution is 5.41. The maximum absolute atomic E-state index is 5.83. The fourth-order valence-electron chi connectivity index (χ4n) is 2.75. The van der Waals surface area contributed by atoms with Crippen LogP contribution in [0, 0.1) is 5.92 Å². The average molecular weight is 203 g/mol. The van der Waals surface area contributed by atoms with Crippen molar-refractivity contribution in [1.82, 2.24) is 0 Å². The Kier molecular flexibility index (Phi) is 3.30. The Balaban J connectivity index is 2.08. The number of nitrogen functional groups attached to an aromatic ring is 1. The quantitative estimate of drug-likeness (QED) is 0.723. The van der Waals surface area contributed by atoms with Crippen LogP contribution in [0.4, 0.5) is 5.69 Å². The highest BCUT2D eigenvalue weighted by Crippen LogP contribution is 2.35. The molecule has 0 bridgehead atoms. The van der Waals surface area contributed by atoms with Crippen molar-refractivity contribution in [1.29, 1.82) is 0 Å². The third-order valence-corrected chi connectivity index (χ3v) is 3.79. The van der Waals surface area contributed by atoms with Gasteiger partial charge >= 0.3 is 0 Å². The highest BCUT2D eigenvalue weighted by Gasteiger charge is 2.21. The van der Waals surface area contributed by atoms with E-state index in [0.29, 0.717) is 5.92 Å². The van der Waals surface area contributed by atoms with Gasteiger partial charge in [0.2, 0.25) is 0 Å². The normalized spacial score (nSPS) is 20.1. The van der Waals surface area contributed by atoms with E-state index in [4.69, 9.17) is 5.73 Å². The summed E-state index contributed by atoms with van der Waals surface area (Å²) >= 11 is 0. The number of hydrogen-bond donors (Lipinski definition) is 1. The maximum atomic E-state index is 5.83. The number of nitrogens with two attached hydrogens (primary N) is 1. The molecule has 1 heteroatoms. The second kappa shape index (κ2) is 4.69. The lowest BCUT2D eigenvalue weighted by molar-refractivity contribution is 0.316. The molecule has 1 atom stereocenters. The Morgan fingerprint density at radius 1 is 1.20 bits per heavy atom. The Bertz CT molecular complexity index is 313. The van der Waals surface area contributed by atoms with Crippen molar-refractivity contribution < 1.29 is 0 Å². The molecule has 1 aromatic rings. The Morgan fingerprint density at radius 2 is 1.93 bits per heavy atom. The lowest BCUT2D eigenvalue weighted by Crippen LogP contribution is -2.13. The maximum Gasteiger partial charge on any atom is 0.0316 e. The van der Waals surface area contributed by atoms with Gasteiger partial charge in [-0.15, -0.1) is 0 Å². The van der Waals surface area contributed by atoms with E-state index in [-0.39, 0.29) is 0 Å². The first-order valence-electron chi connectivity index (χ1n) is 6.13. The fraction of sp³-hybridized carbons (Fsp3) is 0.571. The van der Waals surface area contributed by atoms with Crippen molar-refractivity contribution in [3.63, 3.8) is 0 Å². The van der Waals surface area contributed by atoms with Crippen molar-refractivity contribution >= 4 is 5.69 Å². The standard InChI is InChI=1S/C14H21N/c1-11(12-6-3-2-4-7-12)13-8-5-9-14(15)10-13/h5,8-12H,2-4,6-7,15H2,1H3. The lowest BCUT2D eigenvalue weighted by atomic mass is 9.78. The number of rotatable bonds is 2. The second-order valence-electron chi connectivity index (χ2n) is 4.86. The van der Waals surface area contributed by atoms with Crippen molar-refractivity contribution in [3.05, 3.63) is 29.8 Å². The van der Waals surface area contributed by atoms with Crippen LogP contribution in [0.3, 0.4) is 0 Å². The van der Waals surface area contributed by atoms with Gasteiger partial charge in [0.25, 0.3) is 0 Å². The van der Waals surface area contributed by atoms with E-state index in [9.17, 15) is 0 Å². The summed E-state index contributed by atoms with van der Waals surface area (Å²) in [7, 11) is 0. The molecule has 15 heavy (non-hydrogen) atoms. The number of hydrogen-bond acceptors (Lipinski definition) is 1. The second-order valence-corrected chi connectivity index (χ2v) is 4.86. The minimum absolute atomic E-state index is 0.675. The summed E-state index contributed by atoms with van der Waals surface area (Å²) in [6, 6.07) is 8.40. The summed E-state index contributed by atoms with van der Waals surface area (Å²) < 4.78 is 0. The van der Waals surface area contributed by atoms with E-state index in [1.54, 1.807) is 0 Å². The largest absolute Gasteiger partial charge is 0.399 e. The zero-order valence-electron chi connectivity index (χ0n) is 9.58. The molecular weight excluding hydrogens is 182 g/mol. The summed E-state index contributed by atoms with van der Waals surface area (Å²) in [5.41, 5.74) is 8.14. The fourth-order valence-corrected chi connectivity index (χ4v) is 2.75. The molecule has 0 aliphatic heterocycles. The van der Waals surface area contributed by atoms with Gasteiger partial charge < -0.3 is 5.73 Å². The van der Waals surface area contributed by atoms with Gasteiger partial charge in [0.1, 0.15) is 0 Å². The molecule has 1 aromatic carbocycles. The molecule has 1 unspecified atom stereocenters. The third kappa shape index (κ3) is 2.53. The van der Waals surface area contributed by atoms with Crippen molar-refractivity contribution in [2.75, 3.05) is 5.73 Å². The molecule has 2 rings (SSSR count). The molecule has 0 heterocycles. The molecule has 0 aromatic heterocycles. The van der Waals surface area contributed by atoms with Crippen LogP contribution in [-0.4, -0.2) is 0 Å². The van der Waals surface area contributed by atoms with Gasteiger partial charge in [0.15, 0.2) is 0 Å². The topological polar surface area (TPSA) is 26.0 Å². The minimum atomic E-state index is 0.675. The molecule has 0 radical (unpaired) electrons. The third-order valence-electron chi connectivity index (χ3n) is 3.79. The van der Waals surface area contributed by atoms with Gasteiger partial charge in [-0.2, -0.15) is 0 Å². The van der Waals surface area contributed by atoms with Crippen molar-refractivity contribution in [2.24, 2.45) is 5.92 Å². The first-order valence-corrected chi connectivity index (χ1v) is 6.13. The minimum Gasteiger partial charge on any atom is -0.399 e. The molecule has 0 amide bonds. The number of anilines is 1. The zero-order chi connectivity index (χ0) is 10.7. The Hall–Kier alpha value is -0.980. The lowest BCUT2D eigenvalue weighted by Gasteiger charge is -2.28. The van der Waals surface area contributed by atoms with Crippen LogP contribution in [0.5, 0.6) is 0 Å². The van der Waals surface area contributed by atoms with Gasteiger partial charge in [-0.25, -0.2) is 0 Å². The van der Waals surface area contributed by atoms with E-state index in [0.717, 1.165) is 11.6 Å². The molecule has 1 nitrogen and oxygen atoms in total. The molecule has 0 saturated heterocycles. The molecule has 1 saturated carbocycles. The van der Waals surface area contributed by atoms with Crippen molar-refractivity contribution in [3.8, 4) is 0 Å². The van der Waals surface area contributed by atoms with E-state index in [2.05, 4.69) is 25.1 Å². The molecule has 82 valence electrons. The van der Waals surface area contributed by atoms with Crippen LogP contribution in [-0.2, 0) is 0 Å². The first-order chi connectivity index (χ1) is 7.27. The van der Waals surface area contributed by atoms with E-state index in [1.165, 1.54) is 37.7 Å². The predicted molar refractivity (Wildman–Crippen MR) is 65.8 cm³/mol. The Labute approximate surface area is 92.7 Å². The number of benzene rings is 1. The monoisotopic (exact) mass is 203 g/mol. The van der Waals surface area contributed by atoms with Gasteiger partial charge in [0, 0.05) is 5.69 Å². The molecule has 1 fully saturated rings. The zero-order valence-corrected chi connectivity index (χ0v) is 9.58. The van der Waals surface area contributed by atoms with Gasteiger partial charge in [-0.05, 0) is 42.4 Å². The SMILES string of the molecule is CC(c1cccc(N)c1)C1CCCCC1. The summed E-state index contributed by atoms with van der Waals surface area (Å²) in [5.74, 6) is 1.55. The van der Waals surface area contributed by atoms with E-state index < -0.39 is 0 Å². The van der Waals surface area contributed by atoms with Crippen LogP contribution in [0.1, 0.15) is 50.5 Å².